The van der Waals surface area contributed by atoms with Crippen LogP contribution in [-0.2, 0) is 0 Å². The lowest BCUT2D eigenvalue weighted by Gasteiger charge is -2.05. The van der Waals surface area contributed by atoms with Gasteiger partial charge in [0.25, 0.3) is 0 Å². The van der Waals surface area contributed by atoms with E-state index in [-0.39, 0.29) is 5.96 Å². The third-order valence-corrected chi connectivity index (χ3v) is 2.10. The van der Waals surface area contributed by atoms with Crippen molar-refractivity contribution in [3.63, 3.8) is 0 Å². The molecule has 0 radical (unpaired) electrons. The summed E-state index contributed by atoms with van der Waals surface area (Å²) in [6.07, 6.45) is 1.67. The van der Waals surface area contributed by atoms with Crippen LogP contribution in [0.1, 0.15) is 22.3 Å². The first-order chi connectivity index (χ1) is 7.00. The van der Waals surface area contributed by atoms with E-state index >= 15 is 0 Å². The molecule has 0 bridgehead atoms. The summed E-state index contributed by atoms with van der Waals surface area (Å²) < 4.78 is 0. The van der Waals surface area contributed by atoms with E-state index in [1.807, 2.05) is 13.8 Å². The molecule has 0 unspecified atom stereocenters. The van der Waals surface area contributed by atoms with Gasteiger partial charge < -0.3 is 11.5 Å². The first kappa shape index (κ1) is 11.2. The molecule has 4 N–H and O–H groups in total. The van der Waals surface area contributed by atoms with Gasteiger partial charge in [0.15, 0.2) is 0 Å². The molecule has 1 aromatic rings. The predicted octanol–water partition coefficient (Wildman–Crippen LogP) is 1.22. The van der Waals surface area contributed by atoms with Crippen LogP contribution in [0.25, 0.3) is 0 Å². The zero-order valence-electron chi connectivity index (χ0n) is 9.28. The minimum atomic E-state index is -0.0336. The van der Waals surface area contributed by atoms with Crippen LogP contribution in [-0.4, -0.2) is 12.2 Å². The molecule has 1 aromatic carbocycles. The molecule has 0 aliphatic rings. The van der Waals surface area contributed by atoms with E-state index in [1.165, 1.54) is 16.7 Å². The van der Waals surface area contributed by atoms with E-state index in [0.717, 1.165) is 5.56 Å². The number of benzene rings is 1. The molecule has 0 amide bonds. The van der Waals surface area contributed by atoms with Gasteiger partial charge in [-0.05, 0) is 31.9 Å². The van der Waals surface area contributed by atoms with Gasteiger partial charge in [-0.2, -0.15) is 5.10 Å². The van der Waals surface area contributed by atoms with Crippen LogP contribution in [0.4, 0.5) is 0 Å². The zero-order valence-corrected chi connectivity index (χ0v) is 9.28. The normalized spacial score (nSPS) is 10.6. The summed E-state index contributed by atoms with van der Waals surface area (Å²) in [7, 11) is 0. The highest BCUT2D eigenvalue weighted by molar-refractivity contribution is 5.84. The Morgan fingerprint density at radius 3 is 2.13 bits per heavy atom. The first-order valence-electron chi connectivity index (χ1n) is 4.70. The number of guanidine groups is 1. The summed E-state index contributed by atoms with van der Waals surface area (Å²) in [5.41, 5.74) is 15.0. The number of hydrogen-bond acceptors (Lipinski definition) is 2. The van der Waals surface area contributed by atoms with Gasteiger partial charge in [0, 0.05) is 5.56 Å². The third-order valence-electron chi connectivity index (χ3n) is 2.10. The van der Waals surface area contributed by atoms with Crippen LogP contribution in [0.2, 0.25) is 0 Å². The van der Waals surface area contributed by atoms with E-state index in [1.54, 1.807) is 6.21 Å². The van der Waals surface area contributed by atoms with E-state index in [2.05, 4.69) is 29.3 Å². The van der Waals surface area contributed by atoms with Crippen LogP contribution in [0.3, 0.4) is 0 Å². The molecule has 0 saturated heterocycles. The third kappa shape index (κ3) is 3.09. The Bertz CT molecular complexity index is 392. The summed E-state index contributed by atoms with van der Waals surface area (Å²) in [5.74, 6) is -0.0336. The second kappa shape index (κ2) is 4.59. The Balaban J connectivity index is 3.05. The standard InChI is InChI=1S/C11H16N4/c1-7-4-8(2)10(9(3)5-7)6-14-15-11(12)13/h4-6H,1-3H3,(H4,12,13,15)/b14-6-. The largest absolute Gasteiger partial charge is 0.369 e. The van der Waals surface area contributed by atoms with Crippen LogP contribution >= 0.6 is 0 Å². The van der Waals surface area contributed by atoms with Gasteiger partial charge >= 0.3 is 0 Å². The average Bonchev–Trinajstić information content (AvgIpc) is 2.08. The van der Waals surface area contributed by atoms with Crippen molar-refractivity contribution in [2.75, 3.05) is 0 Å². The van der Waals surface area contributed by atoms with Crippen LogP contribution < -0.4 is 11.5 Å². The molecule has 0 aromatic heterocycles. The second-order valence-corrected chi connectivity index (χ2v) is 3.58. The molecule has 80 valence electrons. The number of hydrogen-bond donors (Lipinski definition) is 2. The molecule has 4 nitrogen and oxygen atoms in total. The van der Waals surface area contributed by atoms with Gasteiger partial charge in [-0.15, -0.1) is 5.10 Å². The van der Waals surface area contributed by atoms with Gasteiger partial charge in [-0.1, -0.05) is 17.7 Å². The molecule has 4 heteroatoms. The van der Waals surface area contributed by atoms with Crippen molar-refractivity contribution >= 4 is 12.2 Å². The molecule has 0 atom stereocenters. The Labute approximate surface area is 89.7 Å². The molecule has 1 rings (SSSR count). The Hall–Kier alpha value is -1.84. The maximum Gasteiger partial charge on any atom is 0.211 e. The summed E-state index contributed by atoms with van der Waals surface area (Å²) in [4.78, 5) is 0. The van der Waals surface area contributed by atoms with E-state index < -0.39 is 0 Å². The molecular weight excluding hydrogens is 188 g/mol. The molecule has 0 spiro atoms. The second-order valence-electron chi connectivity index (χ2n) is 3.58. The van der Waals surface area contributed by atoms with E-state index in [0.29, 0.717) is 0 Å². The highest BCUT2D eigenvalue weighted by Crippen LogP contribution is 2.14. The number of nitrogens with two attached hydrogens (primary N) is 2. The molecule has 0 aliphatic heterocycles. The van der Waals surface area contributed by atoms with E-state index in [9.17, 15) is 0 Å². The Morgan fingerprint density at radius 2 is 1.67 bits per heavy atom. The van der Waals surface area contributed by atoms with Gasteiger partial charge in [0.2, 0.25) is 5.96 Å². The van der Waals surface area contributed by atoms with Crippen molar-refractivity contribution < 1.29 is 0 Å². The fraction of sp³-hybridized carbons (Fsp3) is 0.273. The average molecular weight is 204 g/mol. The van der Waals surface area contributed by atoms with Crippen molar-refractivity contribution in [3.8, 4) is 0 Å². The summed E-state index contributed by atoms with van der Waals surface area (Å²) in [5, 5.41) is 7.37. The molecule has 0 fully saturated rings. The lowest BCUT2D eigenvalue weighted by molar-refractivity contribution is 1.21. The van der Waals surface area contributed by atoms with Crippen LogP contribution in [0.15, 0.2) is 22.3 Å². The van der Waals surface area contributed by atoms with Crippen molar-refractivity contribution in [2.45, 2.75) is 20.8 Å². The van der Waals surface area contributed by atoms with Crippen molar-refractivity contribution in [1.29, 1.82) is 0 Å². The quantitative estimate of drug-likeness (QED) is 0.431. The van der Waals surface area contributed by atoms with Gasteiger partial charge in [0.1, 0.15) is 0 Å². The lowest BCUT2D eigenvalue weighted by atomic mass is 10.0. The van der Waals surface area contributed by atoms with Crippen LogP contribution in [0.5, 0.6) is 0 Å². The Kier molecular flexibility index (Phi) is 3.44. The monoisotopic (exact) mass is 204 g/mol. The molecule has 0 aliphatic carbocycles. The highest BCUT2D eigenvalue weighted by Gasteiger charge is 2.00. The van der Waals surface area contributed by atoms with Gasteiger partial charge in [-0.25, -0.2) is 0 Å². The molecular formula is C11H16N4. The molecule has 15 heavy (non-hydrogen) atoms. The smallest absolute Gasteiger partial charge is 0.211 e. The van der Waals surface area contributed by atoms with Gasteiger partial charge in [0.05, 0.1) is 6.21 Å². The van der Waals surface area contributed by atoms with Crippen molar-refractivity contribution in [2.24, 2.45) is 21.7 Å². The van der Waals surface area contributed by atoms with Crippen molar-refractivity contribution in [3.05, 3.63) is 34.4 Å². The SMILES string of the molecule is Cc1cc(C)c(/C=N\N=C(N)N)c(C)c1. The van der Waals surface area contributed by atoms with Crippen LogP contribution in [0, 0.1) is 20.8 Å². The predicted molar refractivity (Wildman–Crippen MR) is 64.1 cm³/mol. The number of aryl methyl sites for hydroxylation is 3. The maximum atomic E-state index is 5.17. The molecule has 0 saturated carbocycles. The van der Waals surface area contributed by atoms with Crippen molar-refractivity contribution in [1.82, 2.24) is 0 Å². The first-order valence-corrected chi connectivity index (χ1v) is 4.70. The zero-order chi connectivity index (χ0) is 11.4. The highest BCUT2D eigenvalue weighted by atomic mass is 15.3. The fourth-order valence-corrected chi connectivity index (χ4v) is 1.55. The molecule has 0 heterocycles. The maximum absolute atomic E-state index is 5.17. The van der Waals surface area contributed by atoms with Gasteiger partial charge in [-0.3, -0.25) is 0 Å². The Morgan fingerprint density at radius 1 is 1.13 bits per heavy atom. The summed E-state index contributed by atoms with van der Waals surface area (Å²) in [6, 6.07) is 4.20. The minimum absolute atomic E-state index is 0.0336. The summed E-state index contributed by atoms with van der Waals surface area (Å²) >= 11 is 0. The number of rotatable bonds is 2. The minimum Gasteiger partial charge on any atom is -0.369 e. The fourth-order valence-electron chi connectivity index (χ4n) is 1.55. The lowest BCUT2D eigenvalue weighted by Crippen LogP contribution is -2.21. The topological polar surface area (TPSA) is 76.8 Å². The van der Waals surface area contributed by atoms with E-state index in [4.69, 9.17) is 11.5 Å². The summed E-state index contributed by atoms with van der Waals surface area (Å²) in [6.45, 7) is 6.14. The number of nitrogens with zero attached hydrogens (tertiary/aromatic N) is 2.